The van der Waals surface area contributed by atoms with Crippen molar-refractivity contribution in [1.82, 2.24) is 5.43 Å². The lowest BCUT2D eigenvalue weighted by atomic mass is 10.1. The van der Waals surface area contributed by atoms with Crippen LogP contribution in [0.2, 0.25) is 0 Å². The molecular formula is C8H14Cl2N2. The Labute approximate surface area is 85.3 Å². The summed E-state index contributed by atoms with van der Waals surface area (Å²) in [5, 5.41) is 0. The van der Waals surface area contributed by atoms with Crippen LogP contribution in [0.25, 0.3) is 0 Å². The van der Waals surface area contributed by atoms with Crippen LogP contribution in [0.1, 0.15) is 11.1 Å². The van der Waals surface area contributed by atoms with Gasteiger partial charge in [-0.05, 0) is 12.5 Å². The van der Waals surface area contributed by atoms with E-state index in [0.717, 1.165) is 6.54 Å². The molecule has 0 atom stereocenters. The van der Waals surface area contributed by atoms with Crippen LogP contribution in [0.15, 0.2) is 24.3 Å². The standard InChI is InChI=1S/C8H12N2.2ClH/c1-7-3-2-4-8(5-7)6-10-9;;/h2-5,10H,6,9H2,1H3;2*1H. The summed E-state index contributed by atoms with van der Waals surface area (Å²) in [5.41, 5.74) is 5.11. The Hall–Kier alpha value is -0.280. The molecule has 2 nitrogen and oxygen atoms in total. The number of nitrogens with one attached hydrogen (secondary N) is 1. The van der Waals surface area contributed by atoms with Crippen molar-refractivity contribution >= 4 is 24.8 Å². The van der Waals surface area contributed by atoms with E-state index in [9.17, 15) is 0 Å². The Morgan fingerprint density at radius 2 is 2.00 bits per heavy atom. The second-order valence-corrected chi connectivity index (χ2v) is 2.37. The lowest BCUT2D eigenvalue weighted by molar-refractivity contribution is 0.741. The fourth-order valence-electron chi connectivity index (χ4n) is 0.940. The molecule has 0 heterocycles. The number of rotatable bonds is 2. The highest BCUT2D eigenvalue weighted by Gasteiger charge is 1.88. The Kier molecular flexibility index (Phi) is 8.76. The molecule has 0 spiro atoms. The third kappa shape index (κ3) is 4.57. The predicted octanol–water partition coefficient (Wildman–Crippen LogP) is 1.80. The van der Waals surface area contributed by atoms with E-state index in [1.165, 1.54) is 11.1 Å². The lowest BCUT2D eigenvalue weighted by Gasteiger charge is -1.99. The van der Waals surface area contributed by atoms with E-state index >= 15 is 0 Å². The minimum absolute atomic E-state index is 0. The van der Waals surface area contributed by atoms with Crippen molar-refractivity contribution in [2.45, 2.75) is 13.5 Å². The van der Waals surface area contributed by atoms with Crippen LogP contribution >= 0.6 is 24.8 Å². The molecular weight excluding hydrogens is 195 g/mol. The van der Waals surface area contributed by atoms with Gasteiger partial charge in [0.1, 0.15) is 0 Å². The average Bonchev–Trinajstić information content (AvgIpc) is 1.88. The van der Waals surface area contributed by atoms with E-state index in [4.69, 9.17) is 5.84 Å². The summed E-state index contributed by atoms with van der Waals surface area (Å²) in [7, 11) is 0. The highest BCUT2D eigenvalue weighted by atomic mass is 35.5. The van der Waals surface area contributed by atoms with E-state index in [2.05, 4.69) is 24.5 Å². The summed E-state index contributed by atoms with van der Waals surface area (Å²) in [5.74, 6) is 5.16. The Bertz CT molecular complexity index is 216. The second kappa shape index (κ2) is 7.37. The molecule has 0 aromatic heterocycles. The predicted molar refractivity (Wildman–Crippen MR) is 56.7 cm³/mol. The highest BCUT2D eigenvalue weighted by molar-refractivity contribution is 5.85. The summed E-state index contributed by atoms with van der Waals surface area (Å²) in [6.07, 6.45) is 0. The number of hydrogen-bond donors (Lipinski definition) is 2. The summed E-state index contributed by atoms with van der Waals surface area (Å²) >= 11 is 0. The van der Waals surface area contributed by atoms with Gasteiger partial charge in [-0.25, -0.2) is 0 Å². The Morgan fingerprint density at radius 3 is 2.50 bits per heavy atom. The molecule has 0 fully saturated rings. The van der Waals surface area contributed by atoms with Gasteiger partial charge in [0.2, 0.25) is 0 Å². The van der Waals surface area contributed by atoms with Gasteiger partial charge in [-0.3, -0.25) is 11.3 Å². The number of halogens is 2. The maximum Gasteiger partial charge on any atom is 0.0348 e. The molecule has 0 saturated heterocycles. The van der Waals surface area contributed by atoms with Crippen molar-refractivity contribution in [1.29, 1.82) is 0 Å². The molecule has 0 saturated carbocycles. The summed E-state index contributed by atoms with van der Waals surface area (Å²) in [6, 6.07) is 8.26. The van der Waals surface area contributed by atoms with E-state index in [1.54, 1.807) is 0 Å². The van der Waals surface area contributed by atoms with Gasteiger partial charge in [-0.2, -0.15) is 0 Å². The first-order chi connectivity index (χ1) is 4.83. The van der Waals surface area contributed by atoms with E-state index < -0.39 is 0 Å². The molecule has 0 radical (unpaired) electrons. The van der Waals surface area contributed by atoms with Crippen molar-refractivity contribution in [3.63, 3.8) is 0 Å². The molecule has 1 aromatic rings. The van der Waals surface area contributed by atoms with Crippen LogP contribution in [-0.2, 0) is 6.54 Å². The van der Waals surface area contributed by atoms with Crippen molar-refractivity contribution in [3.8, 4) is 0 Å². The summed E-state index contributed by atoms with van der Waals surface area (Å²) in [6.45, 7) is 2.81. The zero-order chi connectivity index (χ0) is 7.40. The lowest BCUT2D eigenvalue weighted by Crippen LogP contribution is -2.20. The quantitative estimate of drug-likeness (QED) is 0.575. The molecule has 0 unspecified atom stereocenters. The monoisotopic (exact) mass is 208 g/mol. The van der Waals surface area contributed by atoms with Crippen molar-refractivity contribution < 1.29 is 0 Å². The fourth-order valence-corrected chi connectivity index (χ4v) is 0.940. The van der Waals surface area contributed by atoms with Crippen LogP contribution in [0.3, 0.4) is 0 Å². The summed E-state index contributed by atoms with van der Waals surface area (Å²) in [4.78, 5) is 0. The third-order valence-corrected chi connectivity index (χ3v) is 1.39. The van der Waals surface area contributed by atoms with Gasteiger partial charge in [0.25, 0.3) is 0 Å². The van der Waals surface area contributed by atoms with E-state index in [0.29, 0.717) is 0 Å². The van der Waals surface area contributed by atoms with E-state index in [1.807, 2.05) is 12.1 Å². The van der Waals surface area contributed by atoms with Gasteiger partial charge < -0.3 is 0 Å². The molecule has 12 heavy (non-hydrogen) atoms. The fraction of sp³-hybridized carbons (Fsp3) is 0.250. The number of hydrogen-bond acceptors (Lipinski definition) is 2. The molecule has 0 aliphatic heterocycles. The average molecular weight is 209 g/mol. The molecule has 70 valence electrons. The number of aryl methyl sites for hydroxylation is 1. The minimum atomic E-state index is 0. The first-order valence-electron chi connectivity index (χ1n) is 3.32. The van der Waals surface area contributed by atoms with Crippen LogP contribution in [-0.4, -0.2) is 0 Å². The van der Waals surface area contributed by atoms with Gasteiger partial charge in [-0.15, -0.1) is 24.8 Å². The Balaban J connectivity index is 0. The first kappa shape index (κ1) is 14.3. The van der Waals surface area contributed by atoms with Gasteiger partial charge in [0.05, 0.1) is 0 Å². The number of benzene rings is 1. The zero-order valence-corrected chi connectivity index (χ0v) is 8.54. The molecule has 3 N–H and O–H groups in total. The highest BCUT2D eigenvalue weighted by Crippen LogP contribution is 2.02. The molecule has 0 aliphatic rings. The van der Waals surface area contributed by atoms with Crippen LogP contribution in [0, 0.1) is 6.92 Å². The van der Waals surface area contributed by atoms with Gasteiger partial charge in [0.15, 0.2) is 0 Å². The van der Waals surface area contributed by atoms with Crippen LogP contribution in [0.4, 0.5) is 0 Å². The zero-order valence-electron chi connectivity index (χ0n) is 6.91. The maximum atomic E-state index is 5.16. The molecule has 1 aromatic carbocycles. The van der Waals surface area contributed by atoms with Crippen molar-refractivity contribution in [3.05, 3.63) is 35.4 Å². The topological polar surface area (TPSA) is 38.0 Å². The largest absolute Gasteiger partial charge is 0.271 e. The Morgan fingerprint density at radius 1 is 1.33 bits per heavy atom. The van der Waals surface area contributed by atoms with Crippen molar-refractivity contribution in [2.24, 2.45) is 5.84 Å². The molecule has 0 bridgehead atoms. The number of hydrazine groups is 1. The van der Waals surface area contributed by atoms with Gasteiger partial charge >= 0.3 is 0 Å². The maximum absolute atomic E-state index is 5.16. The third-order valence-electron chi connectivity index (χ3n) is 1.39. The van der Waals surface area contributed by atoms with Crippen LogP contribution < -0.4 is 11.3 Å². The second-order valence-electron chi connectivity index (χ2n) is 2.37. The minimum Gasteiger partial charge on any atom is -0.271 e. The first-order valence-corrected chi connectivity index (χ1v) is 3.32. The van der Waals surface area contributed by atoms with Gasteiger partial charge in [0, 0.05) is 6.54 Å². The molecule has 0 amide bonds. The summed E-state index contributed by atoms with van der Waals surface area (Å²) < 4.78 is 0. The van der Waals surface area contributed by atoms with Gasteiger partial charge in [-0.1, -0.05) is 29.8 Å². The molecule has 0 aliphatic carbocycles. The number of nitrogens with two attached hydrogens (primary N) is 1. The molecule has 1 rings (SSSR count). The van der Waals surface area contributed by atoms with Crippen LogP contribution in [0.5, 0.6) is 0 Å². The molecule has 4 heteroatoms. The smallest absolute Gasteiger partial charge is 0.0348 e. The van der Waals surface area contributed by atoms with Crippen molar-refractivity contribution in [2.75, 3.05) is 0 Å². The SMILES string of the molecule is Cc1cccc(CNN)c1.Cl.Cl. The normalized spacial score (nSPS) is 8.17. The van der Waals surface area contributed by atoms with E-state index in [-0.39, 0.29) is 24.8 Å².